The van der Waals surface area contributed by atoms with Crippen LogP contribution < -0.4 is 11.1 Å². The van der Waals surface area contributed by atoms with Gasteiger partial charge >= 0.3 is 0 Å². The van der Waals surface area contributed by atoms with E-state index in [1.807, 2.05) is 0 Å². The summed E-state index contributed by atoms with van der Waals surface area (Å²) in [5, 5.41) is 10.4. The monoisotopic (exact) mass is 269 g/mol. The van der Waals surface area contributed by atoms with E-state index in [2.05, 4.69) is 22.6 Å². The average Bonchev–Trinajstić information content (AvgIpc) is 2.85. The average molecular weight is 269 g/mol. The van der Waals surface area contributed by atoms with Crippen molar-refractivity contribution >= 4 is 5.91 Å². The summed E-state index contributed by atoms with van der Waals surface area (Å²) in [6.07, 6.45) is 4.72. The van der Waals surface area contributed by atoms with Crippen LogP contribution in [0.3, 0.4) is 0 Å². The first-order valence-corrected chi connectivity index (χ1v) is 6.69. The third kappa shape index (κ3) is 6.88. The number of hydrogen-bond acceptors (Lipinski definition) is 5. The van der Waals surface area contributed by atoms with Gasteiger partial charge in [0.05, 0.1) is 11.9 Å². The summed E-state index contributed by atoms with van der Waals surface area (Å²) in [5.74, 6) is -0.0815. The third-order valence-electron chi connectivity index (χ3n) is 2.53. The molecular weight excluding hydrogens is 246 g/mol. The van der Waals surface area contributed by atoms with E-state index in [1.54, 1.807) is 6.20 Å². The predicted molar refractivity (Wildman–Crippen MR) is 71.3 cm³/mol. The van der Waals surface area contributed by atoms with Crippen LogP contribution in [0, 0.1) is 0 Å². The highest BCUT2D eigenvalue weighted by atomic mass is 16.5. The second-order valence-electron chi connectivity index (χ2n) is 4.28. The number of nitrogens with one attached hydrogen (secondary N) is 1. The number of rotatable bonds is 10. The molecule has 0 atom stereocenters. The molecule has 7 heteroatoms. The Morgan fingerprint density at radius 2 is 2.26 bits per heavy atom. The van der Waals surface area contributed by atoms with Crippen LogP contribution in [-0.4, -0.2) is 40.7 Å². The smallest absolute Gasteiger partial charge is 0.241 e. The second-order valence-corrected chi connectivity index (χ2v) is 4.28. The van der Waals surface area contributed by atoms with Crippen molar-refractivity contribution in [2.75, 3.05) is 19.8 Å². The molecule has 0 aliphatic carbocycles. The fourth-order valence-electron chi connectivity index (χ4n) is 1.46. The topological polar surface area (TPSA) is 95.1 Å². The number of unbranched alkanes of at least 4 members (excludes halogenated alkanes) is 1. The van der Waals surface area contributed by atoms with Gasteiger partial charge in [0.1, 0.15) is 6.54 Å². The molecule has 0 bridgehead atoms. The summed E-state index contributed by atoms with van der Waals surface area (Å²) < 4.78 is 6.88. The molecule has 1 aromatic heterocycles. The van der Waals surface area contributed by atoms with Crippen molar-refractivity contribution in [1.29, 1.82) is 0 Å². The summed E-state index contributed by atoms with van der Waals surface area (Å²) in [7, 11) is 0. The fraction of sp³-hybridized carbons (Fsp3) is 0.750. The Bertz CT molecular complexity index is 367. The number of carbonyl (C=O) groups is 1. The summed E-state index contributed by atoms with van der Waals surface area (Å²) in [4.78, 5) is 11.6. The Kier molecular flexibility index (Phi) is 7.76. The van der Waals surface area contributed by atoms with Crippen molar-refractivity contribution in [2.24, 2.45) is 5.73 Å². The number of nitrogens with two attached hydrogens (primary N) is 1. The fourth-order valence-corrected chi connectivity index (χ4v) is 1.46. The van der Waals surface area contributed by atoms with E-state index in [1.165, 1.54) is 4.68 Å². The maximum atomic E-state index is 11.6. The Balaban J connectivity index is 2.04. The molecule has 1 heterocycles. The van der Waals surface area contributed by atoms with Gasteiger partial charge in [-0.3, -0.25) is 4.79 Å². The first-order chi connectivity index (χ1) is 9.26. The van der Waals surface area contributed by atoms with E-state index in [9.17, 15) is 4.79 Å². The molecule has 0 saturated heterocycles. The Morgan fingerprint density at radius 3 is 2.95 bits per heavy atom. The van der Waals surface area contributed by atoms with Crippen LogP contribution in [0.5, 0.6) is 0 Å². The largest absolute Gasteiger partial charge is 0.381 e. The minimum atomic E-state index is -0.0815. The number of aromatic nitrogens is 3. The summed E-state index contributed by atoms with van der Waals surface area (Å²) >= 11 is 0. The van der Waals surface area contributed by atoms with Crippen LogP contribution in [0.1, 0.15) is 31.9 Å². The van der Waals surface area contributed by atoms with Gasteiger partial charge < -0.3 is 15.8 Å². The quantitative estimate of drug-likeness (QED) is 0.586. The first kappa shape index (κ1) is 15.6. The van der Waals surface area contributed by atoms with E-state index < -0.39 is 0 Å². The normalized spacial score (nSPS) is 10.6. The minimum absolute atomic E-state index is 0.0815. The molecule has 19 heavy (non-hydrogen) atoms. The molecule has 0 radical (unpaired) electrons. The highest BCUT2D eigenvalue weighted by molar-refractivity contribution is 5.75. The molecule has 0 aromatic carbocycles. The van der Waals surface area contributed by atoms with Crippen molar-refractivity contribution in [3.05, 3.63) is 11.9 Å². The minimum Gasteiger partial charge on any atom is -0.381 e. The lowest BCUT2D eigenvalue weighted by Crippen LogP contribution is -2.29. The van der Waals surface area contributed by atoms with Crippen LogP contribution in [0.15, 0.2) is 6.20 Å². The van der Waals surface area contributed by atoms with E-state index in [0.29, 0.717) is 25.4 Å². The molecule has 0 spiro atoms. The van der Waals surface area contributed by atoms with Crippen LogP contribution in [0.2, 0.25) is 0 Å². The molecule has 108 valence electrons. The lowest BCUT2D eigenvalue weighted by Gasteiger charge is -2.05. The number of carbonyl (C=O) groups excluding carboxylic acids is 1. The molecule has 1 amide bonds. The summed E-state index contributed by atoms with van der Waals surface area (Å²) in [6.45, 7) is 4.72. The lowest BCUT2D eigenvalue weighted by molar-refractivity contribution is -0.121. The van der Waals surface area contributed by atoms with Gasteiger partial charge in [0.25, 0.3) is 0 Å². The molecule has 0 fully saturated rings. The molecule has 0 aliphatic heterocycles. The van der Waals surface area contributed by atoms with Gasteiger partial charge in [-0.15, -0.1) is 5.10 Å². The zero-order chi connectivity index (χ0) is 13.9. The van der Waals surface area contributed by atoms with Gasteiger partial charge in [0.2, 0.25) is 5.91 Å². The summed E-state index contributed by atoms with van der Waals surface area (Å²) in [6, 6.07) is 0. The lowest BCUT2D eigenvalue weighted by atomic mass is 10.3. The van der Waals surface area contributed by atoms with Gasteiger partial charge in [-0.1, -0.05) is 18.6 Å². The van der Waals surface area contributed by atoms with Crippen molar-refractivity contribution in [2.45, 2.75) is 39.3 Å². The van der Waals surface area contributed by atoms with Crippen molar-refractivity contribution in [1.82, 2.24) is 20.3 Å². The van der Waals surface area contributed by atoms with Crippen molar-refractivity contribution < 1.29 is 9.53 Å². The van der Waals surface area contributed by atoms with E-state index in [0.717, 1.165) is 25.9 Å². The van der Waals surface area contributed by atoms with Crippen LogP contribution in [0.25, 0.3) is 0 Å². The molecule has 7 nitrogen and oxygen atoms in total. The zero-order valence-corrected chi connectivity index (χ0v) is 11.5. The SMILES string of the molecule is CCCCOCCCNC(=O)Cn1cc(CN)nn1. The molecule has 1 aromatic rings. The van der Waals surface area contributed by atoms with Crippen molar-refractivity contribution in [3.8, 4) is 0 Å². The number of hydrogen-bond donors (Lipinski definition) is 2. The third-order valence-corrected chi connectivity index (χ3v) is 2.53. The Hall–Kier alpha value is -1.47. The number of ether oxygens (including phenoxy) is 1. The predicted octanol–water partition coefficient (Wildman–Crippen LogP) is 0.0598. The van der Waals surface area contributed by atoms with Gasteiger partial charge in [0.15, 0.2) is 0 Å². The number of amides is 1. The molecule has 0 aliphatic rings. The maximum absolute atomic E-state index is 11.6. The van der Waals surface area contributed by atoms with Crippen LogP contribution in [0.4, 0.5) is 0 Å². The van der Waals surface area contributed by atoms with Crippen LogP contribution >= 0.6 is 0 Å². The van der Waals surface area contributed by atoms with Crippen molar-refractivity contribution in [3.63, 3.8) is 0 Å². The number of nitrogens with zero attached hydrogens (tertiary/aromatic N) is 3. The van der Waals surface area contributed by atoms with Gasteiger partial charge in [-0.2, -0.15) is 0 Å². The van der Waals surface area contributed by atoms with E-state index in [4.69, 9.17) is 10.5 Å². The van der Waals surface area contributed by atoms with Gasteiger partial charge in [-0.05, 0) is 12.8 Å². The molecular formula is C12H23N5O2. The molecule has 0 unspecified atom stereocenters. The van der Waals surface area contributed by atoms with Gasteiger partial charge in [-0.25, -0.2) is 4.68 Å². The Labute approximate surface area is 113 Å². The van der Waals surface area contributed by atoms with E-state index in [-0.39, 0.29) is 12.5 Å². The highest BCUT2D eigenvalue weighted by Gasteiger charge is 2.04. The Morgan fingerprint density at radius 1 is 1.47 bits per heavy atom. The van der Waals surface area contributed by atoms with Gasteiger partial charge in [0, 0.05) is 26.3 Å². The van der Waals surface area contributed by atoms with E-state index >= 15 is 0 Å². The first-order valence-electron chi connectivity index (χ1n) is 6.69. The second kappa shape index (κ2) is 9.46. The standard InChI is InChI=1S/C12H23N5O2/c1-2-3-6-19-7-4-5-14-12(18)10-17-9-11(8-13)15-16-17/h9H,2-8,10,13H2,1H3,(H,14,18). The highest BCUT2D eigenvalue weighted by Crippen LogP contribution is 1.91. The molecule has 1 rings (SSSR count). The maximum Gasteiger partial charge on any atom is 0.241 e. The van der Waals surface area contributed by atoms with Crippen LogP contribution in [-0.2, 0) is 22.6 Å². The molecule has 3 N–H and O–H groups in total. The zero-order valence-electron chi connectivity index (χ0n) is 11.5. The molecule has 0 saturated carbocycles. The summed E-state index contributed by atoms with van der Waals surface area (Å²) in [5.41, 5.74) is 6.09.